The fourth-order valence-electron chi connectivity index (χ4n) is 2.72. The molecule has 0 saturated heterocycles. The molecule has 2 aromatic heterocycles. The Labute approximate surface area is 152 Å². The number of ether oxygens (including phenoxy) is 1. The van der Waals surface area contributed by atoms with Crippen LogP contribution in [0.3, 0.4) is 0 Å². The molecule has 4 rings (SSSR count). The predicted octanol–water partition coefficient (Wildman–Crippen LogP) is 1.68. The highest BCUT2D eigenvalue weighted by Crippen LogP contribution is 2.31. The second kappa shape index (κ2) is 6.41. The zero-order valence-electron chi connectivity index (χ0n) is 13.7. The lowest BCUT2D eigenvalue weighted by molar-refractivity contribution is 0.0935. The first kappa shape index (κ1) is 16.5. The summed E-state index contributed by atoms with van der Waals surface area (Å²) in [6.07, 6.45) is 3.16. The third-order valence-corrected chi connectivity index (χ3v) is 4.48. The van der Waals surface area contributed by atoms with Crippen LogP contribution in [-0.4, -0.2) is 45.7 Å². The summed E-state index contributed by atoms with van der Waals surface area (Å²) >= 11 is 6.16. The number of aromatic nitrogens is 4. The molecule has 1 N–H and O–H groups in total. The molecule has 1 aliphatic rings. The van der Waals surface area contributed by atoms with Gasteiger partial charge in [0, 0.05) is 19.2 Å². The molecule has 0 spiro atoms. The van der Waals surface area contributed by atoms with E-state index in [2.05, 4.69) is 20.5 Å². The number of anilines is 1. The number of hydrogen-bond donors (Lipinski definition) is 1. The Morgan fingerprint density at radius 3 is 3.04 bits per heavy atom. The van der Waals surface area contributed by atoms with Crippen LogP contribution in [0.15, 0.2) is 24.5 Å². The number of halogens is 2. The number of carbonyl (C=O) groups excluding carboxylic acids is 1. The first-order chi connectivity index (χ1) is 12.5. The van der Waals surface area contributed by atoms with Crippen LogP contribution in [-0.2, 0) is 6.54 Å². The summed E-state index contributed by atoms with van der Waals surface area (Å²) in [6, 6.07) is 2.78. The number of amides is 1. The molecule has 10 heteroatoms. The van der Waals surface area contributed by atoms with Gasteiger partial charge >= 0.3 is 0 Å². The molecule has 0 aliphatic carbocycles. The van der Waals surface area contributed by atoms with Crippen LogP contribution in [0.2, 0.25) is 5.02 Å². The summed E-state index contributed by atoms with van der Waals surface area (Å²) in [5, 5.41) is 10.6. The van der Waals surface area contributed by atoms with Crippen LogP contribution in [0, 0.1) is 5.82 Å². The van der Waals surface area contributed by atoms with Gasteiger partial charge in [-0.05, 0) is 12.1 Å². The summed E-state index contributed by atoms with van der Waals surface area (Å²) in [5.74, 6) is 0.244. The second-order valence-corrected chi connectivity index (χ2v) is 6.17. The zero-order valence-corrected chi connectivity index (χ0v) is 14.5. The molecule has 3 aromatic rings. The topological polar surface area (TPSA) is 84.6 Å². The van der Waals surface area contributed by atoms with E-state index in [-0.39, 0.29) is 36.5 Å². The number of benzene rings is 1. The maximum absolute atomic E-state index is 13.9. The van der Waals surface area contributed by atoms with Crippen LogP contribution >= 0.6 is 11.6 Å². The SMILES string of the molecule is CN1Cc2c(ccc(F)c2Cl)OCCNC(=O)c2nnc3cnc1cn23. The lowest BCUT2D eigenvalue weighted by atomic mass is 10.1. The van der Waals surface area contributed by atoms with Crippen LogP contribution in [0.4, 0.5) is 10.2 Å². The van der Waals surface area contributed by atoms with Crippen LogP contribution in [0.25, 0.3) is 5.65 Å². The van der Waals surface area contributed by atoms with Crippen molar-refractivity contribution in [1.29, 1.82) is 0 Å². The third-order valence-electron chi connectivity index (χ3n) is 4.07. The molecule has 0 fully saturated rings. The van der Waals surface area contributed by atoms with Crippen LogP contribution < -0.4 is 15.0 Å². The minimum atomic E-state index is -0.524. The van der Waals surface area contributed by atoms with Crippen molar-refractivity contribution in [2.24, 2.45) is 0 Å². The van der Waals surface area contributed by atoms with Crippen molar-refractivity contribution >= 4 is 29.0 Å². The molecule has 134 valence electrons. The van der Waals surface area contributed by atoms with Crippen LogP contribution in [0.1, 0.15) is 16.2 Å². The Balaban J connectivity index is 1.83. The van der Waals surface area contributed by atoms with E-state index < -0.39 is 5.82 Å². The van der Waals surface area contributed by atoms with E-state index in [0.29, 0.717) is 22.8 Å². The minimum Gasteiger partial charge on any atom is -0.491 e. The van der Waals surface area contributed by atoms with Gasteiger partial charge in [-0.15, -0.1) is 10.2 Å². The number of fused-ring (bicyclic) bond motifs is 2. The molecule has 0 unspecified atom stereocenters. The van der Waals surface area contributed by atoms with Gasteiger partial charge in [-0.1, -0.05) is 11.6 Å². The Bertz CT molecular complexity index is 1010. The van der Waals surface area contributed by atoms with Gasteiger partial charge in [0.1, 0.15) is 24.0 Å². The smallest absolute Gasteiger partial charge is 0.289 e. The summed E-state index contributed by atoms with van der Waals surface area (Å²) in [6.45, 7) is 0.710. The average Bonchev–Trinajstić information content (AvgIpc) is 3.06. The largest absolute Gasteiger partial charge is 0.491 e. The maximum atomic E-state index is 13.9. The molecular weight excluding hydrogens is 363 g/mol. The zero-order chi connectivity index (χ0) is 18.3. The molecule has 26 heavy (non-hydrogen) atoms. The number of rotatable bonds is 0. The molecule has 2 bridgehead atoms. The van der Waals surface area contributed by atoms with Gasteiger partial charge in [-0.2, -0.15) is 0 Å². The summed E-state index contributed by atoms with van der Waals surface area (Å²) < 4.78 is 21.2. The van der Waals surface area contributed by atoms with Gasteiger partial charge in [0.05, 0.1) is 24.0 Å². The Morgan fingerprint density at radius 2 is 2.19 bits per heavy atom. The first-order valence-electron chi connectivity index (χ1n) is 7.84. The van der Waals surface area contributed by atoms with Gasteiger partial charge < -0.3 is 15.0 Å². The van der Waals surface area contributed by atoms with Crippen molar-refractivity contribution in [3.63, 3.8) is 0 Å². The highest BCUT2D eigenvalue weighted by molar-refractivity contribution is 6.31. The van der Waals surface area contributed by atoms with Crippen molar-refractivity contribution in [3.05, 3.63) is 46.8 Å². The minimum absolute atomic E-state index is 0.000628. The summed E-state index contributed by atoms with van der Waals surface area (Å²) in [7, 11) is 1.78. The van der Waals surface area contributed by atoms with Gasteiger partial charge in [0.2, 0.25) is 5.82 Å². The van der Waals surface area contributed by atoms with E-state index in [1.807, 2.05) is 0 Å². The van der Waals surface area contributed by atoms with E-state index in [1.54, 1.807) is 22.5 Å². The normalized spacial score (nSPS) is 14.9. The van der Waals surface area contributed by atoms with Crippen molar-refractivity contribution in [1.82, 2.24) is 24.9 Å². The fourth-order valence-corrected chi connectivity index (χ4v) is 2.94. The Hall–Kier alpha value is -2.94. The number of hydrogen-bond acceptors (Lipinski definition) is 6. The lowest BCUT2D eigenvalue weighted by Crippen LogP contribution is -2.29. The van der Waals surface area contributed by atoms with Gasteiger partial charge in [0.25, 0.3) is 5.91 Å². The number of nitrogens with zero attached hydrogens (tertiary/aromatic N) is 5. The molecule has 0 radical (unpaired) electrons. The molecule has 1 aliphatic heterocycles. The van der Waals surface area contributed by atoms with Gasteiger partial charge in [0.15, 0.2) is 5.65 Å². The van der Waals surface area contributed by atoms with Crippen molar-refractivity contribution in [3.8, 4) is 5.75 Å². The maximum Gasteiger partial charge on any atom is 0.289 e. The summed E-state index contributed by atoms with van der Waals surface area (Å²) in [5.41, 5.74) is 0.952. The second-order valence-electron chi connectivity index (χ2n) is 5.80. The van der Waals surface area contributed by atoms with E-state index >= 15 is 0 Å². The first-order valence-corrected chi connectivity index (χ1v) is 8.22. The average molecular weight is 377 g/mol. The highest BCUT2D eigenvalue weighted by Gasteiger charge is 2.19. The summed E-state index contributed by atoms with van der Waals surface area (Å²) in [4.78, 5) is 18.4. The van der Waals surface area contributed by atoms with Crippen molar-refractivity contribution in [2.75, 3.05) is 25.1 Å². The van der Waals surface area contributed by atoms with Gasteiger partial charge in [-0.3, -0.25) is 9.20 Å². The molecule has 0 saturated carbocycles. The Kier molecular flexibility index (Phi) is 4.08. The van der Waals surface area contributed by atoms with Gasteiger partial charge in [-0.25, -0.2) is 9.37 Å². The molecule has 1 amide bonds. The standard InChI is InChI=1S/C16H14ClFN6O2/c1-23-7-9-11(3-2-10(18)14(9)17)26-5-4-19-16(25)15-22-21-12-6-20-13(23)8-24(12)15/h2-3,6,8H,4-5,7H2,1H3,(H,19,25). The molecule has 8 nitrogen and oxygen atoms in total. The predicted molar refractivity (Wildman–Crippen MR) is 92.1 cm³/mol. The lowest BCUT2D eigenvalue weighted by Gasteiger charge is -2.21. The molecule has 0 atom stereocenters. The van der Waals surface area contributed by atoms with E-state index in [4.69, 9.17) is 16.3 Å². The van der Waals surface area contributed by atoms with E-state index in [1.165, 1.54) is 18.3 Å². The quantitative estimate of drug-likeness (QED) is 0.642. The fraction of sp³-hybridized carbons (Fsp3) is 0.250. The van der Waals surface area contributed by atoms with E-state index in [9.17, 15) is 9.18 Å². The number of nitrogens with one attached hydrogen (secondary N) is 1. The highest BCUT2D eigenvalue weighted by atomic mass is 35.5. The number of carbonyl (C=O) groups is 1. The van der Waals surface area contributed by atoms with Crippen molar-refractivity contribution < 1.29 is 13.9 Å². The van der Waals surface area contributed by atoms with Crippen molar-refractivity contribution in [2.45, 2.75) is 6.54 Å². The molecular formula is C16H14ClFN6O2. The van der Waals surface area contributed by atoms with E-state index in [0.717, 1.165) is 0 Å². The van der Waals surface area contributed by atoms with Crippen LogP contribution in [0.5, 0.6) is 5.75 Å². The third kappa shape index (κ3) is 2.80. The molecule has 3 heterocycles. The molecule has 1 aromatic carbocycles. The Morgan fingerprint density at radius 1 is 1.35 bits per heavy atom. The monoisotopic (exact) mass is 376 g/mol.